The van der Waals surface area contributed by atoms with Gasteiger partial charge in [-0.15, -0.1) is 0 Å². The van der Waals surface area contributed by atoms with Gasteiger partial charge < -0.3 is 4.42 Å². The SMILES string of the molecule is Clc1cc(-c2cccc3ccccc23)c2oc3ccccc3c2c1. The van der Waals surface area contributed by atoms with E-state index < -0.39 is 0 Å². The lowest BCUT2D eigenvalue weighted by molar-refractivity contribution is 0.670. The summed E-state index contributed by atoms with van der Waals surface area (Å²) in [6.07, 6.45) is 0. The second-order valence-electron chi connectivity index (χ2n) is 5.95. The second kappa shape index (κ2) is 5.12. The largest absolute Gasteiger partial charge is 0.455 e. The lowest BCUT2D eigenvalue weighted by Crippen LogP contribution is -1.83. The van der Waals surface area contributed by atoms with Crippen LogP contribution in [0.5, 0.6) is 0 Å². The van der Waals surface area contributed by atoms with Gasteiger partial charge in [0, 0.05) is 21.4 Å². The van der Waals surface area contributed by atoms with Gasteiger partial charge in [-0.2, -0.15) is 0 Å². The van der Waals surface area contributed by atoms with Crippen LogP contribution in [-0.2, 0) is 0 Å². The van der Waals surface area contributed by atoms with Gasteiger partial charge in [0.05, 0.1) is 0 Å². The molecule has 114 valence electrons. The minimum Gasteiger partial charge on any atom is -0.455 e. The first kappa shape index (κ1) is 13.6. The lowest BCUT2D eigenvalue weighted by Gasteiger charge is -2.08. The number of hydrogen-bond acceptors (Lipinski definition) is 1. The summed E-state index contributed by atoms with van der Waals surface area (Å²) in [7, 11) is 0. The van der Waals surface area contributed by atoms with Crippen molar-refractivity contribution in [2.45, 2.75) is 0 Å². The highest BCUT2D eigenvalue weighted by atomic mass is 35.5. The maximum atomic E-state index is 6.44. The van der Waals surface area contributed by atoms with Gasteiger partial charge in [0.25, 0.3) is 0 Å². The smallest absolute Gasteiger partial charge is 0.143 e. The molecule has 1 heterocycles. The zero-order chi connectivity index (χ0) is 16.1. The standard InChI is InChI=1S/C22H13ClO/c23-15-12-19(17-10-5-7-14-6-1-2-8-16(14)17)22-20(13-15)18-9-3-4-11-21(18)24-22/h1-13H. The molecule has 0 saturated carbocycles. The number of fused-ring (bicyclic) bond motifs is 4. The normalized spacial score (nSPS) is 11.5. The van der Waals surface area contributed by atoms with E-state index in [1.54, 1.807) is 0 Å². The predicted molar refractivity (Wildman–Crippen MR) is 102 cm³/mol. The van der Waals surface area contributed by atoms with E-state index in [-0.39, 0.29) is 0 Å². The average Bonchev–Trinajstić information content (AvgIpc) is 2.99. The van der Waals surface area contributed by atoms with Crippen molar-refractivity contribution in [3.05, 3.63) is 83.9 Å². The predicted octanol–water partition coefficient (Wildman–Crippen LogP) is 7.06. The zero-order valence-corrected chi connectivity index (χ0v) is 13.5. The molecule has 5 aromatic rings. The van der Waals surface area contributed by atoms with Crippen molar-refractivity contribution < 1.29 is 4.42 Å². The molecule has 0 atom stereocenters. The molecule has 0 bridgehead atoms. The molecule has 1 nitrogen and oxygen atoms in total. The van der Waals surface area contributed by atoms with Crippen molar-refractivity contribution in [1.82, 2.24) is 0 Å². The fourth-order valence-electron chi connectivity index (χ4n) is 3.45. The summed E-state index contributed by atoms with van der Waals surface area (Å²) in [5.74, 6) is 0. The first-order valence-electron chi connectivity index (χ1n) is 7.90. The Morgan fingerprint density at radius 3 is 2.29 bits per heavy atom. The molecule has 2 heteroatoms. The highest BCUT2D eigenvalue weighted by Gasteiger charge is 2.15. The third-order valence-electron chi connectivity index (χ3n) is 4.52. The topological polar surface area (TPSA) is 13.1 Å². The van der Waals surface area contributed by atoms with Crippen LogP contribution in [0.3, 0.4) is 0 Å². The van der Waals surface area contributed by atoms with E-state index >= 15 is 0 Å². The Labute approximate surface area is 144 Å². The van der Waals surface area contributed by atoms with E-state index in [9.17, 15) is 0 Å². The van der Waals surface area contributed by atoms with Crippen LogP contribution in [-0.4, -0.2) is 0 Å². The molecule has 0 fully saturated rings. The minimum absolute atomic E-state index is 0.719. The van der Waals surface area contributed by atoms with E-state index in [0.29, 0.717) is 0 Å². The Balaban J connectivity index is 1.95. The molecule has 5 rings (SSSR count). The van der Waals surface area contributed by atoms with Crippen molar-refractivity contribution in [3.8, 4) is 11.1 Å². The van der Waals surface area contributed by atoms with Gasteiger partial charge in [-0.1, -0.05) is 72.3 Å². The Kier molecular flexibility index (Phi) is 2.91. The van der Waals surface area contributed by atoms with Gasteiger partial charge >= 0.3 is 0 Å². The van der Waals surface area contributed by atoms with Gasteiger partial charge in [-0.05, 0) is 34.5 Å². The van der Waals surface area contributed by atoms with Crippen LogP contribution in [0, 0.1) is 0 Å². The number of rotatable bonds is 1. The fourth-order valence-corrected chi connectivity index (χ4v) is 3.67. The van der Waals surface area contributed by atoms with Gasteiger partial charge in [0.2, 0.25) is 0 Å². The third-order valence-corrected chi connectivity index (χ3v) is 4.74. The number of benzene rings is 4. The maximum absolute atomic E-state index is 6.44. The molecule has 24 heavy (non-hydrogen) atoms. The Bertz CT molecular complexity index is 1210. The van der Waals surface area contributed by atoms with Crippen LogP contribution < -0.4 is 0 Å². The summed E-state index contributed by atoms with van der Waals surface area (Å²) in [6.45, 7) is 0. The maximum Gasteiger partial charge on any atom is 0.143 e. The van der Waals surface area contributed by atoms with Crippen LogP contribution in [0.4, 0.5) is 0 Å². The van der Waals surface area contributed by atoms with Gasteiger partial charge in [0.15, 0.2) is 0 Å². The van der Waals surface area contributed by atoms with E-state index in [4.69, 9.17) is 16.0 Å². The van der Waals surface area contributed by atoms with Crippen molar-refractivity contribution in [2.75, 3.05) is 0 Å². The summed E-state index contributed by atoms with van der Waals surface area (Å²) in [6, 6.07) is 26.8. The highest BCUT2D eigenvalue weighted by molar-refractivity contribution is 6.32. The monoisotopic (exact) mass is 328 g/mol. The number of hydrogen-bond donors (Lipinski definition) is 0. The second-order valence-corrected chi connectivity index (χ2v) is 6.39. The average molecular weight is 329 g/mol. The van der Waals surface area contributed by atoms with Gasteiger partial charge in [0.1, 0.15) is 11.2 Å². The van der Waals surface area contributed by atoms with Crippen LogP contribution in [0.15, 0.2) is 83.3 Å². The molecule has 0 saturated heterocycles. The Hall–Kier alpha value is -2.77. The Morgan fingerprint density at radius 2 is 1.38 bits per heavy atom. The van der Waals surface area contributed by atoms with E-state index in [2.05, 4.69) is 48.5 Å². The van der Waals surface area contributed by atoms with Crippen LogP contribution in [0.25, 0.3) is 43.8 Å². The van der Waals surface area contributed by atoms with Crippen molar-refractivity contribution >= 4 is 44.3 Å². The number of para-hydroxylation sites is 1. The molecule has 4 aromatic carbocycles. The first-order valence-corrected chi connectivity index (χ1v) is 8.28. The minimum atomic E-state index is 0.719. The van der Waals surface area contributed by atoms with Crippen molar-refractivity contribution in [1.29, 1.82) is 0 Å². The summed E-state index contributed by atoms with van der Waals surface area (Å²) < 4.78 is 6.18. The lowest BCUT2D eigenvalue weighted by atomic mass is 9.97. The molecule has 0 aliphatic heterocycles. The fraction of sp³-hybridized carbons (Fsp3) is 0. The summed E-state index contributed by atoms with van der Waals surface area (Å²) >= 11 is 6.44. The summed E-state index contributed by atoms with van der Waals surface area (Å²) in [4.78, 5) is 0. The van der Waals surface area contributed by atoms with Crippen LogP contribution in [0.1, 0.15) is 0 Å². The zero-order valence-electron chi connectivity index (χ0n) is 12.8. The number of halogens is 1. The number of furan rings is 1. The Morgan fingerprint density at radius 1 is 0.625 bits per heavy atom. The molecule has 0 amide bonds. The first-order chi connectivity index (χ1) is 11.8. The highest BCUT2D eigenvalue weighted by Crippen LogP contribution is 2.40. The van der Waals surface area contributed by atoms with Crippen molar-refractivity contribution in [2.24, 2.45) is 0 Å². The summed E-state index contributed by atoms with van der Waals surface area (Å²) in [5.41, 5.74) is 3.94. The molecule has 1 aromatic heterocycles. The molecule has 0 spiro atoms. The summed E-state index contributed by atoms with van der Waals surface area (Å²) in [5, 5.41) is 5.28. The van der Waals surface area contributed by atoms with Crippen LogP contribution in [0.2, 0.25) is 5.02 Å². The third kappa shape index (κ3) is 1.95. The quantitative estimate of drug-likeness (QED) is 0.321. The van der Waals surface area contributed by atoms with Gasteiger partial charge in [-0.3, -0.25) is 0 Å². The van der Waals surface area contributed by atoms with Crippen molar-refractivity contribution in [3.63, 3.8) is 0 Å². The molecule has 0 aliphatic rings. The molecule has 0 aliphatic carbocycles. The molecular weight excluding hydrogens is 316 g/mol. The molecule has 0 N–H and O–H groups in total. The van der Waals surface area contributed by atoms with Crippen LogP contribution >= 0.6 is 11.6 Å². The van der Waals surface area contributed by atoms with E-state index in [1.807, 2.05) is 30.3 Å². The van der Waals surface area contributed by atoms with Gasteiger partial charge in [-0.25, -0.2) is 0 Å². The molecule has 0 unspecified atom stereocenters. The molecule has 0 radical (unpaired) electrons. The van der Waals surface area contributed by atoms with E-state index in [0.717, 1.165) is 38.1 Å². The van der Waals surface area contributed by atoms with E-state index in [1.165, 1.54) is 10.8 Å². The molecular formula is C22H13ClO.